The first-order valence-corrected chi connectivity index (χ1v) is 9.96. The summed E-state index contributed by atoms with van der Waals surface area (Å²) in [5.74, 6) is 0.0417. The van der Waals surface area contributed by atoms with Crippen molar-refractivity contribution in [1.82, 2.24) is 0 Å². The Bertz CT molecular complexity index is 657. The first-order valence-electron chi connectivity index (χ1n) is 9.96. The summed E-state index contributed by atoms with van der Waals surface area (Å²) in [4.78, 5) is 12.7. The van der Waals surface area contributed by atoms with Crippen LogP contribution < -0.4 is 0 Å². The van der Waals surface area contributed by atoms with Crippen LogP contribution in [0, 0.1) is 17.3 Å². The van der Waals surface area contributed by atoms with Crippen molar-refractivity contribution in [1.29, 1.82) is 0 Å². The van der Waals surface area contributed by atoms with Gasteiger partial charge in [0.05, 0.1) is 6.61 Å². The summed E-state index contributed by atoms with van der Waals surface area (Å²) < 4.78 is 11.3. The third-order valence-corrected chi connectivity index (χ3v) is 7.13. The highest BCUT2D eigenvalue weighted by molar-refractivity contribution is 5.95. The van der Waals surface area contributed by atoms with Crippen LogP contribution >= 0.6 is 0 Å². The summed E-state index contributed by atoms with van der Waals surface area (Å²) in [6, 6.07) is 0. The van der Waals surface area contributed by atoms with Crippen molar-refractivity contribution in [3.05, 3.63) is 23.8 Å². The highest BCUT2D eigenvalue weighted by Gasteiger charge is 2.53. The van der Waals surface area contributed by atoms with E-state index in [2.05, 4.69) is 6.58 Å². The zero-order valence-electron chi connectivity index (χ0n) is 16.7. The van der Waals surface area contributed by atoms with Gasteiger partial charge in [-0.15, -0.1) is 0 Å². The zero-order valence-corrected chi connectivity index (χ0v) is 16.7. The molecule has 28 heavy (non-hydrogen) atoms. The Labute approximate surface area is 165 Å². The summed E-state index contributed by atoms with van der Waals surface area (Å²) in [5, 5.41) is 39.6. The molecule has 3 rings (SSSR count). The maximum absolute atomic E-state index is 12.7. The SMILES string of the molecule is C=C(C)C1CCC2(C1)C(C)=CC(=O)C(OC1OC(CO)C(O)C(O)C1O)C2C. The fourth-order valence-electron chi connectivity index (χ4n) is 5.11. The van der Waals surface area contributed by atoms with Crippen LogP contribution in [0.3, 0.4) is 0 Å². The van der Waals surface area contributed by atoms with Crippen molar-refractivity contribution in [3.8, 4) is 0 Å². The van der Waals surface area contributed by atoms with Crippen molar-refractivity contribution in [2.45, 2.75) is 76.8 Å². The van der Waals surface area contributed by atoms with Gasteiger partial charge in [0.2, 0.25) is 0 Å². The van der Waals surface area contributed by atoms with Gasteiger partial charge in [-0.1, -0.05) is 24.6 Å². The van der Waals surface area contributed by atoms with E-state index in [1.54, 1.807) is 6.08 Å². The minimum Gasteiger partial charge on any atom is -0.394 e. The van der Waals surface area contributed by atoms with Crippen LogP contribution in [0.4, 0.5) is 0 Å². The predicted octanol–water partition coefficient (Wildman–Crippen LogP) is 0.699. The van der Waals surface area contributed by atoms with Crippen LogP contribution in [0.2, 0.25) is 0 Å². The van der Waals surface area contributed by atoms with E-state index in [0.717, 1.165) is 30.4 Å². The molecule has 158 valence electrons. The number of ketones is 1. The molecule has 1 saturated heterocycles. The molecule has 0 radical (unpaired) electrons. The second-order valence-electron chi connectivity index (χ2n) is 8.71. The third-order valence-electron chi connectivity index (χ3n) is 7.13. The molecule has 1 spiro atoms. The van der Waals surface area contributed by atoms with Gasteiger partial charge in [0, 0.05) is 0 Å². The Balaban J connectivity index is 1.82. The van der Waals surface area contributed by atoms with Gasteiger partial charge in [-0.3, -0.25) is 4.79 Å². The summed E-state index contributed by atoms with van der Waals surface area (Å²) in [6.45, 7) is 9.54. The average molecular weight is 396 g/mol. The van der Waals surface area contributed by atoms with Gasteiger partial charge in [-0.2, -0.15) is 0 Å². The zero-order chi connectivity index (χ0) is 20.8. The van der Waals surface area contributed by atoms with E-state index in [1.807, 2.05) is 20.8 Å². The lowest BCUT2D eigenvalue weighted by Gasteiger charge is -2.46. The van der Waals surface area contributed by atoms with Gasteiger partial charge in [0.1, 0.15) is 30.5 Å². The van der Waals surface area contributed by atoms with Gasteiger partial charge in [-0.25, -0.2) is 0 Å². The van der Waals surface area contributed by atoms with Gasteiger partial charge in [0.25, 0.3) is 0 Å². The molecule has 0 aromatic carbocycles. The van der Waals surface area contributed by atoms with Crippen LogP contribution in [0.15, 0.2) is 23.8 Å². The number of hydrogen-bond donors (Lipinski definition) is 4. The predicted molar refractivity (Wildman–Crippen MR) is 101 cm³/mol. The lowest BCUT2D eigenvalue weighted by molar-refractivity contribution is -0.313. The van der Waals surface area contributed by atoms with E-state index in [0.29, 0.717) is 5.92 Å². The maximum Gasteiger partial charge on any atom is 0.187 e. The molecular weight excluding hydrogens is 364 g/mol. The van der Waals surface area contributed by atoms with Crippen molar-refractivity contribution >= 4 is 5.78 Å². The first-order chi connectivity index (χ1) is 13.1. The molecule has 2 fully saturated rings. The molecule has 0 amide bonds. The molecule has 0 bridgehead atoms. The Morgan fingerprint density at radius 2 is 2.00 bits per heavy atom. The van der Waals surface area contributed by atoms with E-state index < -0.39 is 43.4 Å². The number of hydrogen-bond acceptors (Lipinski definition) is 7. The normalized spacial score (nSPS) is 46.7. The Morgan fingerprint density at radius 3 is 2.57 bits per heavy atom. The summed E-state index contributed by atoms with van der Waals surface area (Å²) in [7, 11) is 0. The molecule has 0 aromatic rings. The van der Waals surface area contributed by atoms with Crippen LogP contribution in [0.1, 0.15) is 40.0 Å². The fourth-order valence-corrected chi connectivity index (χ4v) is 5.11. The fraction of sp³-hybridized carbons (Fsp3) is 0.762. The molecule has 1 saturated carbocycles. The smallest absolute Gasteiger partial charge is 0.187 e. The number of carbonyl (C=O) groups is 1. The van der Waals surface area contributed by atoms with Crippen molar-refractivity contribution in [2.24, 2.45) is 17.3 Å². The molecule has 1 aliphatic heterocycles. The highest BCUT2D eigenvalue weighted by atomic mass is 16.7. The number of rotatable bonds is 4. The molecule has 0 aromatic heterocycles. The Kier molecular flexibility index (Phi) is 6.15. The van der Waals surface area contributed by atoms with Crippen LogP contribution in [0.25, 0.3) is 0 Å². The molecule has 3 aliphatic rings. The quantitative estimate of drug-likeness (QED) is 0.517. The van der Waals surface area contributed by atoms with Crippen molar-refractivity contribution in [2.75, 3.05) is 6.61 Å². The van der Waals surface area contributed by atoms with Gasteiger partial charge in [-0.05, 0) is 56.4 Å². The van der Waals surface area contributed by atoms with E-state index in [1.165, 1.54) is 0 Å². The molecule has 1 heterocycles. The molecule has 7 nitrogen and oxygen atoms in total. The number of ether oxygens (including phenoxy) is 2. The summed E-state index contributed by atoms with van der Waals surface area (Å²) >= 11 is 0. The van der Waals surface area contributed by atoms with Crippen molar-refractivity contribution < 1.29 is 34.7 Å². The Hall–Kier alpha value is -1.09. The Morgan fingerprint density at radius 1 is 1.32 bits per heavy atom. The maximum atomic E-state index is 12.7. The standard InChI is InChI=1S/C21H32O7/c1-10(2)13-5-6-21(8-13)11(3)7-14(23)19(12(21)4)28-20-18(26)17(25)16(24)15(9-22)27-20/h7,12-13,15-20,22,24-26H,1,5-6,8-9H2,2-4H3. The lowest BCUT2D eigenvalue weighted by atomic mass is 9.63. The van der Waals surface area contributed by atoms with Crippen molar-refractivity contribution in [3.63, 3.8) is 0 Å². The molecule has 9 unspecified atom stereocenters. The molecule has 2 aliphatic carbocycles. The number of aliphatic hydroxyl groups excluding tert-OH is 4. The molecular formula is C21H32O7. The van der Waals surface area contributed by atoms with E-state index in [9.17, 15) is 25.2 Å². The van der Waals surface area contributed by atoms with Crippen LogP contribution in [-0.2, 0) is 14.3 Å². The number of carbonyl (C=O) groups excluding carboxylic acids is 1. The minimum absolute atomic E-state index is 0.151. The van der Waals surface area contributed by atoms with Crippen LogP contribution in [0.5, 0.6) is 0 Å². The van der Waals surface area contributed by atoms with Crippen LogP contribution in [-0.4, -0.2) is 69.6 Å². The van der Waals surface area contributed by atoms with Gasteiger partial charge < -0.3 is 29.9 Å². The minimum atomic E-state index is -1.53. The topological polar surface area (TPSA) is 116 Å². The second-order valence-corrected chi connectivity index (χ2v) is 8.71. The van der Waals surface area contributed by atoms with E-state index >= 15 is 0 Å². The van der Waals surface area contributed by atoms with Gasteiger partial charge >= 0.3 is 0 Å². The first kappa shape index (κ1) is 21.6. The molecule has 7 heteroatoms. The monoisotopic (exact) mass is 396 g/mol. The number of aliphatic hydroxyl groups is 4. The largest absolute Gasteiger partial charge is 0.394 e. The van der Waals surface area contributed by atoms with E-state index in [-0.39, 0.29) is 17.1 Å². The highest BCUT2D eigenvalue weighted by Crippen LogP contribution is 2.56. The molecule has 4 N–H and O–H groups in total. The lowest BCUT2D eigenvalue weighted by Crippen LogP contribution is -2.61. The van der Waals surface area contributed by atoms with E-state index in [4.69, 9.17) is 9.47 Å². The number of allylic oxidation sites excluding steroid dienone is 2. The average Bonchev–Trinajstić information content (AvgIpc) is 3.11. The second kappa shape index (κ2) is 7.97. The van der Waals surface area contributed by atoms with Gasteiger partial charge in [0.15, 0.2) is 12.1 Å². The summed E-state index contributed by atoms with van der Waals surface area (Å²) in [6.07, 6.45) is -3.28. The third kappa shape index (κ3) is 3.49. The molecule has 9 atom stereocenters. The summed E-state index contributed by atoms with van der Waals surface area (Å²) in [5.41, 5.74) is 2.00.